The van der Waals surface area contributed by atoms with Gasteiger partial charge < -0.3 is 14.8 Å². The summed E-state index contributed by atoms with van der Waals surface area (Å²) >= 11 is 0. The number of oxazole rings is 1. The van der Waals surface area contributed by atoms with E-state index in [0.717, 1.165) is 10.9 Å². The van der Waals surface area contributed by atoms with Crippen LogP contribution in [0.2, 0.25) is 0 Å². The minimum atomic E-state index is -1.03. The predicted octanol–water partition coefficient (Wildman–Crippen LogP) is 2.84. The minimum Gasteiger partial charge on any atom is -0.478 e. The van der Waals surface area contributed by atoms with Crippen LogP contribution in [0.3, 0.4) is 0 Å². The second-order valence-electron chi connectivity index (χ2n) is 4.59. The first-order valence-electron chi connectivity index (χ1n) is 6.41. The summed E-state index contributed by atoms with van der Waals surface area (Å²) in [7, 11) is 0. The van der Waals surface area contributed by atoms with Crippen molar-refractivity contribution in [2.24, 2.45) is 0 Å². The molecule has 0 unspecified atom stereocenters. The lowest BCUT2D eigenvalue weighted by Crippen LogP contribution is -2.08. The Morgan fingerprint density at radius 2 is 2.10 bits per heavy atom. The number of aryl methyl sites for hydroxylation is 1. The van der Waals surface area contributed by atoms with Gasteiger partial charge >= 0.3 is 5.97 Å². The number of carbonyl (C=O) groups is 1. The molecule has 106 valence electrons. The molecule has 6 nitrogen and oxygen atoms in total. The molecule has 6 heteroatoms. The maximum atomic E-state index is 11.4. The van der Waals surface area contributed by atoms with Gasteiger partial charge in [0.2, 0.25) is 5.89 Å². The molecule has 0 aliphatic carbocycles. The van der Waals surface area contributed by atoms with Crippen molar-refractivity contribution in [3.8, 4) is 0 Å². The summed E-state index contributed by atoms with van der Waals surface area (Å²) < 4.78 is 5.38. The number of carboxylic acid groups (broad SMARTS) is 1. The van der Waals surface area contributed by atoms with Gasteiger partial charge in [0, 0.05) is 11.6 Å². The monoisotopic (exact) mass is 283 g/mol. The van der Waals surface area contributed by atoms with Gasteiger partial charge in [-0.1, -0.05) is 18.2 Å². The summed E-state index contributed by atoms with van der Waals surface area (Å²) in [4.78, 5) is 19.6. The fraction of sp³-hybridized carbons (Fsp3) is 0.133. The van der Waals surface area contributed by atoms with Crippen LogP contribution in [0.25, 0.3) is 10.9 Å². The van der Waals surface area contributed by atoms with E-state index in [2.05, 4.69) is 15.3 Å². The van der Waals surface area contributed by atoms with Crippen molar-refractivity contribution in [1.29, 1.82) is 0 Å². The highest BCUT2D eigenvalue weighted by molar-refractivity contribution is 6.04. The summed E-state index contributed by atoms with van der Waals surface area (Å²) in [5.41, 5.74) is 1.37. The zero-order valence-electron chi connectivity index (χ0n) is 11.3. The summed E-state index contributed by atoms with van der Waals surface area (Å²) in [5, 5.41) is 13.1. The third-order valence-electron chi connectivity index (χ3n) is 3.09. The van der Waals surface area contributed by atoms with Gasteiger partial charge in [0.1, 0.15) is 11.3 Å². The number of pyridine rings is 1. The highest BCUT2D eigenvalue weighted by Gasteiger charge is 2.14. The van der Waals surface area contributed by atoms with Gasteiger partial charge in [-0.25, -0.2) is 9.78 Å². The second kappa shape index (κ2) is 5.24. The van der Waals surface area contributed by atoms with E-state index in [9.17, 15) is 9.90 Å². The minimum absolute atomic E-state index is 0.122. The molecule has 0 atom stereocenters. The molecule has 0 amide bonds. The number of anilines is 1. The standard InChI is InChI=1S/C15H13N3O3/c1-9-6-17-13(21-9)8-18-14-10-4-2-3-5-12(10)16-7-11(14)15(19)20/h2-7H,8H2,1H3,(H,16,18)(H,19,20). The molecule has 2 N–H and O–H groups in total. The Kier molecular flexibility index (Phi) is 3.27. The van der Waals surface area contributed by atoms with E-state index < -0.39 is 5.97 Å². The largest absolute Gasteiger partial charge is 0.478 e. The number of para-hydroxylation sites is 1. The lowest BCUT2D eigenvalue weighted by Gasteiger charge is -2.11. The number of aromatic carboxylic acids is 1. The molecular formula is C15H13N3O3. The van der Waals surface area contributed by atoms with E-state index in [0.29, 0.717) is 23.9 Å². The molecule has 21 heavy (non-hydrogen) atoms. The SMILES string of the molecule is Cc1cnc(CNc2c(C(=O)O)cnc3ccccc23)o1. The molecule has 0 bridgehead atoms. The van der Waals surface area contributed by atoms with Crippen LogP contribution in [0.15, 0.2) is 41.1 Å². The number of fused-ring (bicyclic) bond motifs is 1. The van der Waals surface area contributed by atoms with Crippen molar-refractivity contribution in [3.63, 3.8) is 0 Å². The fourth-order valence-electron chi connectivity index (χ4n) is 2.14. The average molecular weight is 283 g/mol. The van der Waals surface area contributed by atoms with Crippen molar-refractivity contribution in [1.82, 2.24) is 9.97 Å². The molecule has 3 aromatic rings. The van der Waals surface area contributed by atoms with Crippen LogP contribution in [0, 0.1) is 6.92 Å². The molecular weight excluding hydrogens is 270 g/mol. The first kappa shape index (κ1) is 13.1. The van der Waals surface area contributed by atoms with Crippen molar-refractivity contribution in [3.05, 3.63) is 53.9 Å². The predicted molar refractivity (Wildman–Crippen MR) is 77.3 cm³/mol. The third kappa shape index (κ3) is 2.55. The summed E-state index contributed by atoms with van der Waals surface area (Å²) in [6.07, 6.45) is 2.98. The molecule has 2 aromatic heterocycles. The molecule has 2 heterocycles. The number of hydrogen-bond donors (Lipinski definition) is 2. The van der Waals surface area contributed by atoms with Gasteiger partial charge in [-0.15, -0.1) is 0 Å². The van der Waals surface area contributed by atoms with Crippen LogP contribution in [-0.4, -0.2) is 21.0 Å². The second-order valence-corrected chi connectivity index (χ2v) is 4.59. The first-order valence-corrected chi connectivity index (χ1v) is 6.41. The molecule has 0 radical (unpaired) electrons. The van der Waals surface area contributed by atoms with Gasteiger partial charge in [0.25, 0.3) is 0 Å². The number of nitrogens with one attached hydrogen (secondary N) is 1. The molecule has 0 aliphatic heterocycles. The Labute approximate surface area is 120 Å². The van der Waals surface area contributed by atoms with Gasteiger partial charge in [-0.05, 0) is 13.0 Å². The van der Waals surface area contributed by atoms with E-state index in [-0.39, 0.29) is 5.56 Å². The molecule has 0 saturated carbocycles. The van der Waals surface area contributed by atoms with E-state index in [4.69, 9.17) is 4.42 Å². The lowest BCUT2D eigenvalue weighted by atomic mass is 10.1. The van der Waals surface area contributed by atoms with Gasteiger partial charge in [-0.3, -0.25) is 4.98 Å². The summed E-state index contributed by atoms with van der Waals surface area (Å²) in [6.45, 7) is 2.11. The maximum Gasteiger partial charge on any atom is 0.339 e. The van der Waals surface area contributed by atoms with Crippen LogP contribution in [0.1, 0.15) is 22.0 Å². The van der Waals surface area contributed by atoms with Crippen LogP contribution in [0.5, 0.6) is 0 Å². The fourth-order valence-corrected chi connectivity index (χ4v) is 2.14. The highest BCUT2D eigenvalue weighted by atomic mass is 16.4. The van der Waals surface area contributed by atoms with Crippen molar-refractivity contribution < 1.29 is 14.3 Å². The number of aromatic nitrogens is 2. The normalized spacial score (nSPS) is 10.7. The Morgan fingerprint density at radius 3 is 2.81 bits per heavy atom. The number of rotatable bonds is 4. The molecule has 0 fully saturated rings. The average Bonchev–Trinajstić information content (AvgIpc) is 2.90. The van der Waals surface area contributed by atoms with Crippen molar-refractivity contribution in [2.75, 3.05) is 5.32 Å². The lowest BCUT2D eigenvalue weighted by molar-refractivity contribution is 0.0697. The third-order valence-corrected chi connectivity index (χ3v) is 3.09. The van der Waals surface area contributed by atoms with Crippen LogP contribution >= 0.6 is 0 Å². The zero-order chi connectivity index (χ0) is 14.8. The highest BCUT2D eigenvalue weighted by Crippen LogP contribution is 2.26. The molecule has 0 spiro atoms. The number of carboxylic acids is 1. The summed E-state index contributed by atoms with van der Waals surface area (Å²) in [5.74, 6) is 0.189. The Balaban J connectivity index is 2.01. The Hall–Kier alpha value is -2.89. The van der Waals surface area contributed by atoms with Crippen LogP contribution in [-0.2, 0) is 6.54 Å². The maximum absolute atomic E-state index is 11.4. The molecule has 0 saturated heterocycles. The van der Waals surface area contributed by atoms with Gasteiger partial charge in [-0.2, -0.15) is 0 Å². The Morgan fingerprint density at radius 1 is 1.29 bits per heavy atom. The molecule has 0 aliphatic rings. The quantitative estimate of drug-likeness (QED) is 0.765. The van der Waals surface area contributed by atoms with Gasteiger partial charge in [0.05, 0.1) is 23.9 Å². The number of nitrogens with zero attached hydrogens (tertiary/aromatic N) is 2. The Bertz CT molecular complexity index is 811. The van der Waals surface area contributed by atoms with E-state index >= 15 is 0 Å². The topological polar surface area (TPSA) is 88.2 Å². The van der Waals surface area contributed by atoms with E-state index in [1.165, 1.54) is 6.20 Å². The van der Waals surface area contributed by atoms with Crippen molar-refractivity contribution in [2.45, 2.75) is 13.5 Å². The van der Waals surface area contributed by atoms with E-state index in [1.54, 1.807) is 13.1 Å². The van der Waals surface area contributed by atoms with Crippen LogP contribution in [0.4, 0.5) is 5.69 Å². The van der Waals surface area contributed by atoms with E-state index in [1.807, 2.05) is 24.3 Å². The smallest absolute Gasteiger partial charge is 0.339 e. The van der Waals surface area contributed by atoms with Crippen LogP contribution < -0.4 is 5.32 Å². The summed E-state index contributed by atoms with van der Waals surface area (Å²) in [6, 6.07) is 7.37. The zero-order valence-corrected chi connectivity index (χ0v) is 11.3. The van der Waals surface area contributed by atoms with Gasteiger partial charge in [0.15, 0.2) is 0 Å². The molecule has 3 rings (SSSR count). The first-order chi connectivity index (χ1) is 10.1. The number of benzene rings is 1. The van der Waals surface area contributed by atoms with Crippen molar-refractivity contribution >= 4 is 22.6 Å². The molecule has 1 aromatic carbocycles. The number of hydrogen-bond acceptors (Lipinski definition) is 5.